The number of nitrogens with one attached hydrogen (secondary N) is 2. The van der Waals surface area contributed by atoms with Crippen LogP contribution in [0.4, 0.5) is 4.79 Å². The Labute approximate surface area is 120 Å². The van der Waals surface area contributed by atoms with Gasteiger partial charge in [-0.15, -0.1) is 6.58 Å². The number of rotatable bonds is 4. The van der Waals surface area contributed by atoms with Crippen molar-refractivity contribution in [3.05, 3.63) is 48.0 Å². The Morgan fingerprint density at radius 2 is 1.71 bits per heavy atom. The average molecular weight is 287 g/mol. The lowest BCUT2D eigenvalue weighted by atomic mass is 10.1. The number of nitrogens with zero attached hydrogens (tertiary/aromatic N) is 1. The lowest BCUT2D eigenvalue weighted by molar-refractivity contribution is -0.120. The SMILES string of the molecule is C=CCNC(=O)NC(=O)CN1C(=O)c2ccccc2C1=O. The number of hydrogen-bond acceptors (Lipinski definition) is 4. The third-order valence-electron chi connectivity index (χ3n) is 2.84. The summed E-state index contributed by atoms with van der Waals surface area (Å²) in [5.41, 5.74) is 0.512. The molecule has 0 unspecified atom stereocenters. The maximum Gasteiger partial charge on any atom is 0.321 e. The number of carbonyl (C=O) groups excluding carboxylic acids is 4. The minimum absolute atomic E-state index is 0.201. The number of urea groups is 1. The van der Waals surface area contributed by atoms with E-state index in [1.54, 1.807) is 12.1 Å². The molecule has 0 fully saturated rings. The van der Waals surface area contributed by atoms with E-state index in [0.717, 1.165) is 4.90 Å². The van der Waals surface area contributed by atoms with Crippen LogP contribution >= 0.6 is 0 Å². The molecule has 2 rings (SSSR count). The van der Waals surface area contributed by atoms with Gasteiger partial charge in [0.05, 0.1) is 11.1 Å². The summed E-state index contributed by atoms with van der Waals surface area (Å²) in [6.45, 7) is 3.11. The monoisotopic (exact) mass is 287 g/mol. The van der Waals surface area contributed by atoms with E-state index in [4.69, 9.17) is 0 Å². The highest BCUT2D eigenvalue weighted by atomic mass is 16.2. The average Bonchev–Trinajstić information content (AvgIpc) is 2.71. The van der Waals surface area contributed by atoms with E-state index in [-0.39, 0.29) is 17.7 Å². The normalized spacial score (nSPS) is 12.9. The zero-order chi connectivity index (χ0) is 15.4. The van der Waals surface area contributed by atoms with Crippen molar-refractivity contribution in [3.8, 4) is 0 Å². The van der Waals surface area contributed by atoms with Gasteiger partial charge in [0.1, 0.15) is 6.54 Å². The van der Waals surface area contributed by atoms with Crippen LogP contribution in [0.15, 0.2) is 36.9 Å². The Bertz CT molecular complexity index is 604. The summed E-state index contributed by atoms with van der Waals surface area (Å²) in [5.74, 6) is -1.83. The van der Waals surface area contributed by atoms with E-state index in [0.29, 0.717) is 0 Å². The molecule has 2 N–H and O–H groups in total. The van der Waals surface area contributed by atoms with Crippen LogP contribution < -0.4 is 10.6 Å². The third-order valence-corrected chi connectivity index (χ3v) is 2.84. The van der Waals surface area contributed by atoms with Crippen LogP contribution in [-0.4, -0.2) is 41.7 Å². The zero-order valence-corrected chi connectivity index (χ0v) is 11.1. The van der Waals surface area contributed by atoms with E-state index in [2.05, 4.69) is 11.9 Å². The highest BCUT2D eigenvalue weighted by molar-refractivity contribution is 6.22. The van der Waals surface area contributed by atoms with Crippen LogP contribution in [0.25, 0.3) is 0 Å². The summed E-state index contributed by atoms with van der Waals surface area (Å²) in [5, 5.41) is 4.38. The van der Waals surface area contributed by atoms with Crippen molar-refractivity contribution < 1.29 is 19.2 Å². The molecule has 0 radical (unpaired) electrons. The second-order valence-corrected chi connectivity index (χ2v) is 4.29. The van der Waals surface area contributed by atoms with Crippen LogP contribution in [0.3, 0.4) is 0 Å². The predicted molar refractivity (Wildman–Crippen MR) is 73.5 cm³/mol. The van der Waals surface area contributed by atoms with Crippen molar-refractivity contribution in [3.63, 3.8) is 0 Å². The summed E-state index contributed by atoms with van der Waals surface area (Å²) in [6, 6.07) is 5.60. The van der Waals surface area contributed by atoms with Gasteiger partial charge >= 0.3 is 6.03 Å². The van der Waals surface area contributed by atoms with Crippen molar-refractivity contribution in [1.29, 1.82) is 0 Å². The topological polar surface area (TPSA) is 95.6 Å². The van der Waals surface area contributed by atoms with Crippen molar-refractivity contribution in [1.82, 2.24) is 15.5 Å². The number of carbonyl (C=O) groups is 4. The second-order valence-electron chi connectivity index (χ2n) is 4.29. The van der Waals surface area contributed by atoms with Gasteiger partial charge in [0, 0.05) is 6.54 Å². The van der Waals surface area contributed by atoms with Crippen LogP contribution in [0, 0.1) is 0 Å². The number of fused-ring (bicyclic) bond motifs is 1. The van der Waals surface area contributed by atoms with E-state index >= 15 is 0 Å². The fourth-order valence-electron chi connectivity index (χ4n) is 1.90. The van der Waals surface area contributed by atoms with Gasteiger partial charge in [-0.25, -0.2) is 4.79 Å². The first-order chi connectivity index (χ1) is 10.0. The maximum absolute atomic E-state index is 12.0. The standard InChI is InChI=1S/C14H13N3O4/c1-2-7-15-14(21)16-11(18)8-17-12(19)9-5-3-4-6-10(9)13(17)20/h2-6H,1,7-8H2,(H2,15,16,18,21). The van der Waals surface area contributed by atoms with Crippen LogP contribution in [0.1, 0.15) is 20.7 Å². The van der Waals surface area contributed by atoms with Crippen molar-refractivity contribution in [2.24, 2.45) is 0 Å². The van der Waals surface area contributed by atoms with Crippen molar-refractivity contribution in [2.45, 2.75) is 0 Å². The van der Waals surface area contributed by atoms with Gasteiger partial charge in [0.15, 0.2) is 0 Å². The highest BCUT2D eigenvalue weighted by Crippen LogP contribution is 2.21. The number of imide groups is 2. The molecule has 1 aromatic carbocycles. The molecule has 7 heteroatoms. The van der Waals surface area contributed by atoms with Gasteiger partial charge in [0.25, 0.3) is 11.8 Å². The van der Waals surface area contributed by atoms with Crippen molar-refractivity contribution in [2.75, 3.05) is 13.1 Å². The van der Waals surface area contributed by atoms with Gasteiger partial charge in [-0.1, -0.05) is 18.2 Å². The van der Waals surface area contributed by atoms with E-state index in [9.17, 15) is 19.2 Å². The molecule has 1 heterocycles. The molecule has 0 atom stereocenters. The van der Waals surface area contributed by atoms with E-state index < -0.39 is 30.3 Å². The number of hydrogen-bond donors (Lipinski definition) is 2. The van der Waals surface area contributed by atoms with Gasteiger partial charge in [-0.2, -0.15) is 0 Å². The van der Waals surface area contributed by atoms with Crippen LogP contribution in [-0.2, 0) is 4.79 Å². The first kappa shape index (κ1) is 14.4. The minimum Gasteiger partial charge on any atom is -0.334 e. The molecule has 1 aromatic rings. The Morgan fingerprint density at radius 3 is 2.24 bits per heavy atom. The summed E-state index contributed by atoms with van der Waals surface area (Å²) in [4.78, 5) is 47.8. The fourth-order valence-corrected chi connectivity index (χ4v) is 1.90. The lowest BCUT2D eigenvalue weighted by Crippen LogP contribution is -2.45. The maximum atomic E-state index is 12.0. The molecule has 0 aromatic heterocycles. The lowest BCUT2D eigenvalue weighted by Gasteiger charge is -2.13. The molecular weight excluding hydrogens is 274 g/mol. The summed E-state index contributed by atoms with van der Waals surface area (Å²) >= 11 is 0. The molecular formula is C14H13N3O4. The predicted octanol–water partition coefficient (Wildman–Crippen LogP) is 0.294. The summed E-state index contributed by atoms with van der Waals surface area (Å²) in [6.07, 6.45) is 1.45. The zero-order valence-electron chi connectivity index (χ0n) is 11.1. The Morgan fingerprint density at radius 1 is 1.14 bits per heavy atom. The quantitative estimate of drug-likeness (QED) is 0.614. The minimum atomic E-state index is -0.744. The number of benzene rings is 1. The molecule has 108 valence electrons. The highest BCUT2D eigenvalue weighted by Gasteiger charge is 2.36. The van der Waals surface area contributed by atoms with E-state index in [1.807, 2.05) is 5.32 Å². The molecule has 21 heavy (non-hydrogen) atoms. The van der Waals surface area contributed by atoms with Gasteiger partial charge in [-0.05, 0) is 12.1 Å². The van der Waals surface area contributed by atoms with Gasteiger partial charge < -0.3 is 5.32 Å². The van der Waals surface area contributed by atoms with E-state index in [1.165, 1.54) is 18.2 Å². The first-order valence-corrected chi connectivity index (χ1v) is 6.18. The molecule has 0 aliphatic carbocycles. The molecule has 0 saturated carbocycles. The molecule has 0 bridgehead atoms. The molecule has 0 saturated heterocycles. The van der Waals surface area contributed by atoms with Crippen LogP contribution in [0.2, 0.25) is 0 Å². The Balaban J connectivity index is 2.00. The van der Waals surface area contributed by atoms with Gasteiger partial charge in [-0.3, -0.25) is 24.6 Å². The Hall–Kier alpha value is -2.96. The van der Waals surface area contributed by atoms with Crippen molar-refractivity contribution >= 4 is 23.8 Å². The summed E-state index contributed by atoms with van der Waals surface area (Å²) < 4.78 is 0. The second kappa shape index (κ2) is 6.00. The molecule has 5 amide bonds. The fraction of sp³-hybridized carbons (Fsp3) is 0.143. The first-order valence-electron chi connectivity index (χ1n) is 6.18. The largest absolute Gasteiger partial charge is 0.334 e. The summed E-state index contributed by atoms with van der Waals surface area (Å²) in [7, 11) is 0. The third kappa shape index (κ3) is 2.97. The van der Waals surface area contributed by atoms with Crippen LogP contribution in [0.5, 0.6) is 0 Å². The van der Waals surface area contributed by atoms with Gasteiger partial charge in [0.2, 0.25) is 5.91 Å². The molecule has 1 aliphatic heterocycles. The smallest absolute Gasteiger partial charge is 0.321 e. The number of amides is 5. The molecule has 1 aliphatic rings. The molecule has 0 spiro atoms. The molecule has 7 nitrogen and oxygen atoms in total. The Kier molecular flexibility index (Phi) is 4.13.